The van der Waals surface area contributed by atoms with Gasteiger partial charge >= 0.3 is 0 Å². The molecule has 0 saturated carbocycles. The fourth-order valence-corrected chi connectivity index (χ4v) is 2.96. The summed E-state index contributed by atoms with van der Waals surface area (Å²) in [4.78, 5) is 1.11. The molecule has 0 heterocycles. The highest BCUT2D eigenvalue weighted by Gasteiger charge is 2.09. The Kier molecular flexibility index (Phi) is 6.03. The Labute approximate surface area is 132 Å². The van der Waals surface area contributed by atoms with Gasteiger partial charge in [-0.1, -0.05) is 36.4 Å². The Bertz CT molecular complexity index is 619. The number of halogens is 3. The van der Waals surface area contributed by atoms with E-state index >= 15 is 0 Å². The fraction of sp³-hybridized carbons (Fsp3) is 0.250. The van der Waals surface area contributed by atoms with Crippen molar-refractivity contribution in [2.45, 2.75) is 29.7 Å². The van der Waals surface area contributed by atoms with Crippen molar-refractivity contribution in [2.24, 2.45) is 0 Å². The molecule has 0 radical (unpaired) electrons. The van der Waals surface area contributed by atoms with Gasteiger partial charge in [-0.15, -0.1) is 0 Å². The van der Waals surface area contributed by atoms with Gasteiger partial charge in [-0.25, -0.2) is 8.78 Å². The minimum Gasteiger partial charge on any atom is -0.313 e. The first-order chi connectivity index (χ1) is 10.1. The molecule has 5 heteroatoms. The van der Waals surface area contributed by atoms with Crippen molar-refractivity contribution in [1.29, 1.82) is 0 Å². The maximum Gasteiger partial charge on any atom is 0.140 e. The quantitative estimate of drug-likeness (QED) is 0.725. The summed E-state index contributed by atoms with van der Waals surface area (Å²) in [5.41, 5.74) is 1.08. The maximum atomic E-state index is 13.6. The fourth-order valence-electron chi connectivity index (χ4n) is 1.82. The van der Waals surface area contributed by atoms with E-state index in [9.17, 15) is 8.78 Å². The molecule has 112 valence electrons. The second kappa shape index (κ2) is 7.78. The first-order valence-electron chi connectivity index (χ1n) is 6.72. The molecule has 0 aromatic heterocycles. The zero-order valence-corrected chi connectivity index (χ0v) is 13.2. The molecule has 21 heavy (non-hydrogen) atoms. The summed E-state index contributed by atoms with van der Waals surface area (Å²) in [6, 6.07) is 9.22. The third-order valence-electron chi connectivity index (χ3n) is 2.87. The first-order valence-corrected chi connectivity index (χ1v) is 7.91. The van der Waals surface area contributed by atoms with Gasteiger partial charge in [0.05, 0.1) is 5.02 Å². The molecule has 0 aliphatic carbocycles. The van der Waals surface area contributed by atoms with Crippen LogP contribution in [0.3, 0.4) is 0 Å². The van der Waals surface area contributed by atoms with Crippen LogP contribution in [0.5, 0.6) is 0 Å². The Morgan fingerprint density at radius 3 is 2.52 bits per heavy atom. The minimum absolute atomic E-state index is 0.357. The van der Waals surface area contributed by atoms with Crippen LogP contribution in [0.4, 0.5) is 8.78 Å². The standard InChI is InChI=1S/C16H16ClF2NS/c1-2-7-20-10-11-3-5-15(13(17)8-11)21-16-6-4-12(18)9-14(16)19/h3-6,8-9,20H,2,7,10H2,1H3. The van der Waals surface area contributed by atoms with Crippen LogP contribution in [0.2, 0.25) is 5.02 Å². The van der Waals surface area contributed by atoms with E-state index in [1.807, 2.05) is 18.2 Å². The largest absolute Gasteiger partial charge is 0.313 e. The highest BCUT2D eigenvalue weighted by Crippen LogP contribution is 2.35. The molecule has 2 aromatic rings. The normalized spacial score (nSPS) is 10.9. The van der Waals surface area contributed by atoms with Gasteiger partial charge in [0.2, 0.25) is 0 Å². The number of rotatable bonds is 6. The SMILES string of the molecule is CCCNCc1ccc(Sc2ccc(F)cc2F)c(Cl)c1. The average molecular weight is 328 g/mol. The lowest BCUT2D eigenvalue weighted by Crippen LogP contribution is -2.13. The van der Waals surface area contributed by atoms with E-state index < -0.39 is 11.6 Å². The van der Waals surface area contributed by atoms with Gasteiger partial charge in [-0.05, 0) is 42.8 Å². The molecule has 2 rings (SSSR count). The van der Waals surface area contributed by atoms with Crippen LogP contribution in [0.1, 0.15) is 18.9 Å². The lowest BCUT2D eigenvalue weighted by atomic mass is 10.2. The molecule has 0 aliphatic heterocycles. The van der Waals surface area contributed by atoms with E-state index in [2.05, 4.69) is 12.2 Å². The second-order valence-corrected chi connectivity index (χ2v) is 6.11. The molecule has 0 saturated heterocycles. The van der Waals surface area contributed by atoms with Crippen molar-refractivity contribution < 1.29 is 8.78 Å². The van der Waals surface area contributed by atoms with Crippen molar-refractivity contribution in [3.05, 3.63) is 58.6 Å². The van der Waals surface area contributed by atoms with E-state index in [1.165, 1.54) is 23.9 Å². The van der Waals surface area contributed by atoms with Gasteiger partial charge in [0.1, 0.15) is 11.6 Å². The predicted octanol–water partition coefficient (Wildman–Crippen LogP) is 5.27. The molecule has 0 amide bonds. The summed E-state index contributed by atoms with van der Waals surface area (Å²) in [6.45, 7) is 3.81. The Morgan fingerprint density at radius 1 is 1.10 bits per heavy atom. The summed E-state index contributed by atoms with van der Waals surface area (Å²) < 4.78 is 26.5. The van der Waals surface area contributed by atoms with Crippen molar-refractivity contribution >= 4 is 23.4 Å². The van der Waals surface area contributed by atoms with Crippen molar-refractivity contribution in [2.75, 3.05) is 6.54 Å². The number of hydrogen-bond donors (Lipinski definition) is 1. The Hall–Kier alpha value is -1.10. The molecule has 0 aliphatic rings. The van der Waals surface area contributed by atoms with Gasteiger partial charge in [0.25, 0.3) is 0 Å². The summed E-state index contributed by atoms with van der Waals surface area (Å²) in [6.07, 6.45) is 1.07. The van der Waals surface area contributed by atoms with Crippen LogP contribution in [-0.4, -0.2) is 6.54 Å². The van der Waals surface area contributed by atoms with Crippen molar-refractivity contribution in [1.82, 2.24) is 5.32 Å². The summed E-state index contributed by atoms with van der Waals surface area (Å²) in [7, 11) is 0. The lowest BCUT2D eigenvalue weighted by Gasteiger charge is -2.08. The Morgan fingerprint density at radius 2 is 1.86 bits per heavy atom. The zero-order valence-electron chi connectivity index (χ0n) is 11.6. The maximum absolute atomic E-state index is 13.6. The molecule has 2 aromatic carbocycles. The molecule has 0 fully saturated rings. The molecular formula is C16H16ClF2NS. The van der Waals surface area contributed by atoms with E-state index in [0.717, 1.165) is 36.0 Å². The molecule has 0 bridgehead atoms. The van der Waals surface area contributed by atoms with Crippen molar-refractivity contribution in [3.8, 4) is 0 Å². The predicted molar refractivity (Wildman–Crippen MR) is 83.9 cm³/mol. The molecule has 0 unspecified atom stereocenters. The van der Waals surface area contributed by atoms with Gasteiger partial charge < -0.3 is 5.32 Å². The summed E-state index contributed by atoms with van der Waals surface area (Å²) >= 11 is 7.42. The zero-order chi connectivity index (χ0) is 15.2. The summed E-state index contributed by atoms with van der Waals surface area (Å²) in [5, 5.41) is 3.86. The van der Waals surface area contributed by atoms with Crippen LogP contribution in [-0.2, 0) is 6.54 Å². The molecule has 1 nitrogen and oxygen atoms in total. The van der Waals surface area contributed by atoms with Crippen molar-refractivity contribution in [3.63, 3.8) is 0 Å². The molecule has 0 atom stereocenters. The first kappa shape index (κ1) is 16.3. The number of hydrogen-bond acceptors (Lipinski definition) is 2. The van der Waals surface area contributed by atoms with E-state index in [1.54, 1.807) is 0 Å². The third-order valence-corrected chi connectivity index (χ3v) is 4.42. The highest BCUT2D eigenvalue weighted by molar-refractivity contribution is 7.99. The van der Waals surface area contributed by atoms with E-state index in [0.29, 0.717) is 9.92 Å². The highest BCUT2D eigenvalue weighted by atomic mass is 35.5. The lowest BCUT2D eigenvalue weighted by molar-refractivity contribution is 0.565. The summed E-state index contributed by atoms with van der Waals surface area (Å²) in [5.74, 6) is -1.16. The average Bonchev–Trinajstić information content (AvgIpc) is 2.44. The topological polar surface area (TPSA) is 12.0 Å². The van der Waals surface area contributed by atoms with E-state index in [-0.39, 0.29) is 0 Å². The molecule has 0 spiro atoms. The third kappa shape index (κ3) is 4.70. The molecule has 1 N–H and O–H groups in total. The number of nitrogens with one attached hydrogen (secondary N) is 1. The van der Waals surface area contributed by atoms with Crippen LogP contribution in [0, 0.1) is 11.6 Å². The van der Waals surface area contributed by atoms with Gasteiger partial charge in [0, 0.05) is 22.4 Å². The van der Waals surface area contributed by atoms with Crippen LogP contribution < -0.4 is 5.32 Å². The van der Waals surface area contributed by atoms with Gasteiger partial charge in [-0.3, -0.25) is 0 Å². The number of benzene rings is 2. The van der Waals surface area contributed by atoms with Crippen LogP contribution in [0.25, 0.3) is 0 Å². The van der Waals surface area contributed by atoms with Crippen LogP contribution in [0.15, 0.2) is 46.2 Å². The Balaban J connectivity index is 2.10. The smallest absolute Gasteiger partial charge is 0.140 e. The molecular weight excluding hydrogens is 312 g/mol. The monoisotopic (exact) mass is 327 g/mol. The van der Waals surface area contributed by atoms with Gasteiger partial charge in [0.15, 0.2) is 0 Å². The minimum atomic E-state index is -0.583. The van der Waals surface area contributed by atoms with E-state index in [4.69, 9.17) is 11.6 Å². The van der Waals surface area contributed by atoms with Crippen LogP contribution >= 0.6 is 23.4 Å². The van der Waals surface area contributed by atoms with Gasteiger partial charge in [-0.2, -0.15) is 0 Å². The second-order valence-electron chi connectivity index (χ2n) is 4.62.